The second kappa shape index (κ2) is 5.36. The Morgan fingerprint density at radius 1 is 1.36 bits per heavy atom. The maximum atomic E-state index is 9.34. The third kappa shape index (κ3) is 6.11. The summed E-state index contributed by atoms with van der Waals surface area (Å²) < 4.78 is 0. The summed E-state index contributed by atoms with van der Waals surface area (Å²) in [6.45, 7) is 9.98. The predicted molar refractivity (Wildman–Crippen MR) is 49.5 cm³/mol. The molecule has 1 unspecified atom stereocenters. The minimum Gasteiger partial charge on any atom is -0.389 e. The lowest BCUT2D eigenvalue weighted by molar-refractivity contribution is 0.195. The molecular formula is C10H20O. The van der Waals surface area contributed by atoms with E-state index < -0.39 is 0 Å². The quantitative estimate of drug-likeness (QED) is 0.607. The van der Waals surface area contributed by atoms with Crippen LogP contribution in [-0.4, -0.2) is 11.2 Å². The first kappa shape index (κ1) is 10.7. The molecule has 0 rings (SSSR count). The van der Waals surface area contributed by atoms with Crippen molar-refractivity contribution in [3.8, 4) is 0 Å². The van der Waals surface area contributed by atoms with E-state index in [0.29, 0.717) is 0 Å². The summed E-state index contributed by atoms with van der Waals surface area (Å²) in [5.41, 5.74) is 0.883. The van der Waals surface area contributed by atoms with Gasteiger partial charge >= 0.3 is 0 Å². The van der Waals surface area contributed by atoms with Crippen molar-refractivity contribution in [1.29, 1.82) is 0 Å². The highest BCUT2D eigenvalue weighted by molar-refractivity contribution is 4.96. The maximum Gasteiger partial charge on any atom is 0.0744 e. The molecule has 0 fully saturated rings. The second-order valence-electron chi connectivity index (χ2n) is 3.69. The molecule has 0 aromatic carbocycles. The third-order valence-corrected chi connectivity index (χ3v) is 1.83. The van der Waals surface area contributed by atoms with Crippen LogP contribution in [0.1, 0.15) is 40.0 Å². The summed E-state index contributed by atoms with van der Waals surface area (Å²) in [7, 11) is 0. The SMILES string of the molecule is C=C(C)C(O)CCCC(C)C. The Bertz CT molecular complexity index is 116. The van der Waals surface area contributed by atoms with Crippen molar-refractivity contribution >= 4 is 0 Å². The van der Waals surface area contributed by atoms with Gasteiger partial charge in [-0.3, -0.25) is 0 Å². The van der Waals surface area contributed by atoms with E-state index >= 15 is 0 Å². The summed E-state index contributed by atoms with van der Waals surface area (Å²) >= 11 is 0. The van der Waals surface area contributed by atoms with Crippen molar-refractivity contribution in [3.63, 3.8) is 0 Å². The smallest absolute Gasteiger partial charge is 0.0744 e. The molecule has 0 saturated heterocycles. The second-order valence-corrected chi connectivity index (χ2v) is 3.69. The Hall–Kier alpha value is -0.300. The van der Waals surface area contributed by atoms with Crippen molar-refractivity contribution in [2.45, 2.75) is 46.1 Å². The van der Waals surface area contributed by atoms with Crippen LogP contribution in [0.4, 0.5) is 0 Å². The van der Waals surface area contributed by atoms with Gasteiger partial charge in [0.15, 0.2) is 0 Å². The minimum atomic E-state index is -0.284. The molecule has 0 amide bonds. The average Bonchev–Trinajstić information content (AvgIpc) is 1.86. The van der Waals surface area contributed by atoms with Crippen molar-refractivity contribution in [3.05, 3.63) is 12.2 Å². The van der Waals surface area contributed by atoms with Crippen molar-refractivity contribution in [1.82, 2.24) is 0 Å². The van der Waals surface area contributed by atoms with Gasteiger partial charge in [0.2, 0.25) is 0 Å². The normalized spacial score (nSPS) is 13.5. The fourth-order valence-electron chi connectivity index (χ4n) is 0.966. The first-order chi connectivity index (χ1) is 5.04. The highest BCUT2D eigenvalue weighted by Gasteiger charge is 2.03. The lowest BCUT2D eigenvalue weighted by Gasteiger charge is -2.10. The first-order valence-electron chi connectivity index (χ1n) is 4.37. The van der Waals surface area contributed by atoms with Crippen LogP contribution in [0.2, 0.25) is 0 Å². The van der Waals surface area contributed by atoms with Crippen LogP contribution in [0.5, 0.6) is 0 Å². The van der Waals surface area contributed by atoms with Gasteiger partial charge in [-0.05, 0) is 19.3 Å². The zero-order chi connectivity index (χ0) is 8.85. The molecule has 1 atom stereocenters. The molecule has 0 bridgehead atoms. The number of hydrogen-bond acceptors (Lipinski definition) is 1. The largest absolute Gasteiger partial charge is 0.389 e. The Morgan fingerprint density at radius 3 is 2.27 bits per heavy atom. The van der Waals surface area contributed by atoms with Gasteiger partial charge in [-0.2, -0.15) is 0 Å². The lowest BCUT2D eigenvalue weighted by Crippen LogP contribution is -2.07. The molecule has 0 saturated carbocycles. The van der Waals surface area contributed by atoms with Crippen LogP contribution in [0.3, 0.4) is 0 Å². The van der Waals surface area contributed by atoms with E-state index in [-0.39, 0.29) is 6.10 Å². The summed E-state index contributed by atoms with van der Waals surface area (Å²) in [6, 6.07) is 0. The third-order valence-electron chi connectivity index (χ3n) is 1.83. The van der Waals surface area contributed by atoms with Crippen LogP contribution in [0.25, 0.3) is 0 Å². The van der Waals surface area contributed by atoms with Crippen molar-refractivity contribution in [2.24, 2.45) is 5.92 Å². The molecule has 0 aromatic heterocycles. The standard InChI is InChI=1S/C10H20O/c1-8(2)6-5-7-10(11)9(3)4/h8,10-11H,3,5-7H2,1-2,4H3. The molecule has 0 aliphatic carbocycles. The highest BCUT2D eigenvalue weighted by atomic mass is 16.3. The fraction of sp³-hybridized carbons (Fsp3) is 0.800. The summed E-state index contributed by atoms with van der Waals surface area (Å²) in [5, 5.41) is 9.34. The first-order valence-corrected chi connectivity index (χ1v) is 4.37. The molecule has 0 spiro atoms. The Labute approximate surface area is 70.1 Å². The van der Waals surface area contributed by atoms with Crippen molar-refractivity contribution < 1.29 is 5.11 Å². The molecule has 0 aliphatic rings. The Morgan fingerprint density at radius 2 is 1.91 bits per heavy atom. The predicted octanol–water partition coefficient (Wildman–Crippen LogP) is 2.75. The Balaban J connectivity index is 3.31. The lowest BCUT2D eigenvalue weighted by atomic mass is 10.0. The van der Waals surface area contributed by atoms with Crippen LogP contribution < -0.4 is 0 Å². The number of rotatable bonds is 5. The van der Waals surface area contributed by atoms with Gasteiger partial charge in [0.25, 0.3) is 0 Å². The monoisotopic (exact) mass is 156 g/mol. The van der Waals surface area contributed by atoms with Crippen LogP contribution in [-0.2, 0) is 0 Å². The van der Waals surface area contributed by atoms with Gasteiger partial charge in [-0.15, -0.1) is 0 Å². The van der Waals surface area contributed by atoms with E-state index in [4.69, 9.17) is 0 Å². The van der Waals surface area contributed by atoms with Gasteiger partial charge < -0.3 is 5.11 Å². The molecule has 0 aromatic rings. The number of aliphatic hydroxyl groups is 1. The molecule has 0 heterocycles. The summed E-state index contributed by atoms with van der Waals surface area (Å²) in [4.78, 5) is 0. The molecule has 11 heavy (non-hydrogen) atoms. The number of aliphatic hydroxyl groups excluding tert-OH is 1. The molecular weight excluding hydrogens is 136 g/mol. The zero-order valence-electron chi connectivity index (χ0n) is 7.93. The van der Waals surface area contributed by atoms with E-state index in [0.717, 1.165) is 24.3 Å². The van der Waals surface area contributed by atoms with Crippen LogP contribution >= 0.6 is 0 Å². The molecule has 66 valence electrons. The topological polar surface area (TPSA) is 20.2 Å². The molecule has 0 radical (unpaired) electrons. The average molecular weight is 156 g/mol. The molecule has 1 nitrogen and oxygen atoms in total. The summed E-state index contributed by atoms with van der Waals surface area (Å²) in [6.07, 6.45) is 2.89. The summed E-state index contributed by atoms with van der Waals surface area (Å²) in [5.74, 6) is 0.743. The fourth-order valence-corrected chi connectivity index (χ4v) is 0.966. The zero-order valence-corrected chi connectivity index (χ0v) is 7.93. The van der Waals surface area contributed by atoms with Gasteiger partial charge in [0.1, 0.15) is 0 Å². The number of hydrogen-bond donors (Lipinski definition) is 1. The van der Waals surface area contributed by atoms with Gasteiger partial charge in [-0.1, -0.05) is 38.8 Å². The maximum absolute atomic E-state index is 9.34. The van der Waals surface area contributed by atoms with Crippen LogP contribution in [0.15, 0.2) is 12.2 Å². The minimum absolute atomic E-state index is 0.284. The van der Waals surface area contributed by atoms with Crippen molar-refractivity contribution in [2.75, 3.05) is 0 Å². The molecule has 0 aliphatic heterocycles. The Kier molecular flexibility index (Phi) is 5.22. The van der Waals surface area contributed by atoms with E-state index in [1.807, 2.05) is 6.92 Å². The van der Waals surface area contributed by atoms with E-state index in [9.17, 15) is 5.11 Å². The van der Waals surface area contributed by atoms with E-state index in [1.54, 1.807) is 0 Å². The van der Waals surface area contributed by atoms with Gasteiger partial charge in [0, 0.05) is 0 Å². The van der Waals surface area contributed by atoms with Gasteiger partial charge in [-0.25, -0.2) is 0 Å². The molecule has 1 N–H and O–H groups in total. The van der Waals surface area contributed by atoms with E-state index in [1.165, 1.54) is 6.42 Å². The van der Waals surface area contributed by atoms with Gasteiger partial charge in [0.05, 0.1) is 6.10 Å². The van der Waals surface area contributed by atoms with Crippen LogP contribution in [0, 0.1) is 5.92 Å². The van der Waals surface area contributed by atoms with E-state index in [2.05, 4.69) is 20.4 Å². The molecule has 1 heteroatoms. The highest BCUT2D eigenvalue weighted by Crippen LogP contribution is 2.11.